The minimum absolute atomic E-state index is 0. The second-order valence-electron chi connectivity index (χ2n) is 2.09. The Morgan fingerprint density at radius 3 is 1.67 bits per heavy atom. The first kappa shape index (κ1) is 13.4. The second kappa shape index (κ2) is 5.50. The number of hydrogen-bond acceptors (Lipinski definition) is 4. The third-order valence-corrected chi connectivity index (χ3v) is 1.37. The predicted octanol–water partition coefficient (Wildman–Crippen LogP) is -0.0313. The van der Waals surface area contributed by atoms with Crippen LogP contribution in [0.1, 0.15) is 6.92 Å². The second-order valence-corrected chi connectivity index (χ2v) is 2.09. The van der Waals surface area contributed by atoms with Crippen molar-refractivity contribution < 1.29 is 24.5 Å². The van der Waals surface area contributed by atoms with E-state index in [4.69, 9.17) is 10.2 Å². The molecule has 0 bridgehead atoms. The monoisotopic (exact) mass is 179 g/mol. The third kappa shape index (κ3) is 3.31. The summed E-state index contributed by atoms with van der Waals surface area (Å²) in [4.78, 5) is 20.6. The van der Waals surface area contributed by atoms with Gasteiger partial charge >= 0.3 is 11.9 Å². The molecule has 0 radical (unpaired) electrons. The van der Waals surface area contributed by atoms with Gasteiger partial charge in [0.1, 0.15) is 0 Å². The number of hydrogen-bond donors (Lipinski definition) is 3. The fraction of sp³-hybridized carbons (Fsp3) is 0.667. The summed E-state index contributed by atoms with van der Waals surface area (Å²) in [5.41, 5.74) is 0. The molecule has 0 aliphatic heterocycles. The van der Waals surface area contributed by atoms with Crippen molar-refractivity contribution in [3.63, 3.8) is 0 Å². The Morgan fingerprint density at radius 1 is 1.25 bits per heavy atom. The van der Waals surface area contributed by atoms with Crippen molar-refractivity contribution in [3.8, 4) is 0 Å². The minimum Gasteiger partial charge on any atom is -0.481 e. The molecular formula is C6H13NO5. The molecule has 0 spiro atoms. The van der Waals surface area contributed by atoms with E-state index in [-0.39, 0.29) is 6.15 Å². The zero-order chi connectivity index (χ0) is 9.02. The van der Waals surface area contributed by atoms with E-state index in [1.165, 1.54) is 14.0 Å². The Bertz CT molecular complexity index is 155. The standard InChI is InChI=1S/C6H10O5.H3N/c1-3(11-2)4(5(7)8)6(9)10;/h3-4H,1-2H3,(H,7,8)(H,9,10);1H3. The van der Waals surface area contributed by atoms with Crippen molar-refractivity contribution in [2.75, 3.05) is 7.11 Å². The Morgan fingerprint density at radius 2 is 1.58 bits per heavy atom. The summed E-state index contributed by atoms with van der Waals surface area (Å²) in [6, 6.07) is 0. The fourth-order valence-corrected chi connectivity index (χ4v) is 0.643. The first-order chi connectivity index (χ1) is 5.00. The average molecular weight is 179 g/mol. The molecule has 72 valence electrons. The molecule has 0 aromatic carbocycles. The van der Waals surface area contributed by atoms with Gasteiger partial charge in [-0.2, -0.15) is 0 Å². The maximum Gasteiger partial charge on any atom is 0.320 e. The average Bonchev–Trinajstić information content (AvgIpc) is 1.85. The highest BCUT2D eigenvalue weighted by Gasteiger charge is 2.31. The summed E-state index contributed by atoms with van der Waals surface area (Å²) in [5, 5.41) is 16.8. The summed E-state index contributed by atoms with van der Waals surface area (Å²) >= 11 is 0. The van der Waals surface area contributed by atoms with E-state index >= 15 is 0 Å². The Balaban J connectivity index is 0. The van der Waals surface area contributed by atoms with E-state index in [1.54, 1.807) is 0 Å². The Hall–Kier alpha value is -1.14. The van der Waals surface area contributed by atoms with Gasteiger partial charge in [-0.25, -0.2) is 0 Å². The topological polar surface area (TPSA) is 119 Å². The van der Waals surface area contributed by atoms with Gasteiger partial charge in [-0.05, 0) is 6.92 Å². The van der Waals surface area contributed by atoms with Crippen molar-refractivity contribution >= 4 is 11.9 Å². The number of methoxy groups -OCH3 is 1. The van der Waals surface area contributed by atoms with Gasteiger partial charge in [0.2, 0.25) is 0 Å². The molecule has 0 heterocycles. The summed E-state index contributed by atoms with van der Waals surface area (Å²) in [6.45, 7) is 1.40. The number of ether oxygens (including phenoxy) is 1. The van der Waals surface area contributed by atoms with Crippen molar-refractivity contribution in [3.05, 3.63) is 0 Å². The van der Waals surface area contributed by atoms with Crippen LogP contribution in [-0.4, -0.2) is 35.4 Å². The van der Waals surface area contributed by atoms with Crippen molar-refractivity contribution in [1.29, 1.82) is 0 Å². The summed E-state index contributed by atoms with van der Waals surface area (Å²) in [6.07, 6.45) is -0.815. The number of rotatable bonds is 4. The lowest BCUT2D eigenvalue weighted by molar-refractivity contribution is -0.160. The molecule has 12 heavy (non-hydrogen) atoms. The highest BCUT2D eigenvalue weighted by Crippen LogP contribution is 2.06. The molecule has 0 aliphatic carbocycles. The van der Waals surface area contributed by atoms with Gasteiger partial charge in [-0.3, -0.25) is 9.59 Å². The molecule has 0 fully saturated rings. The van der Waals surface area contributed by atoms with E-state index in [2.05, 4.69) is 4.74 Å². The van der Waals surface area contributed by atoms with Gasteiger partial charge < -0.3 is 21.1 Å². The number of carboxylic acid groups (broad SMARTS) is 2. The van der Waals surface area contributed by atoms with E-state index in [0.717, 1.165) is 0 Å². The van der Waals surface area contributed by atoms with Crippen LogP contribution in [0.2, 0.25) is 0 Å². The number of carbonyl (C=O) groups is 2. The lowest BCUT2D eigenvalue weighted by Gasteiger charge is -2.13. The van der Waals surface area contributed by atoms with E-state index in [0.29, 0.717) is 0 Å². The predicted molar refractivity (Wildman–Crippen MR) is 40.3 cm³/mol. The van der Waals surface area contributed by atoms with Crippen LogP contribution in [0.4, 0.5) is 0 Å². The molecule has 0 aliphatic rings. The molecule has 6 nitrogen and oxygen atoms in total. The van der Waals surface area contributed by atoms with Gasteiger partial charge in [0.05, 0.1) is 6.10 Å². The Labute approximate surface area is 69.7 Å². The molecule has 0 amide bonds. The third-order valence-electron chi connectivity index (χ3n) is 1.37. The van der Waals surface area contributed by atoms with Crippen LogP contribution in [0.15, 0.2) is 0 Å². The largest absolute Gasteiger partial charge is 0.481 e. The van der Waals surface area contributed by atoms with Crippen LogP contribution in [-0.2, 0) is 14.3 Å². The van der Waals surface area contributed by atoms with Gasteiger partial charge in [0.15, 0.2) is 5.92 Å². The summed E-state index contributed by atoms with van der Waals surface area (Å²) < 4.78 is 4.57. The van der Waals surface area contributed by atoms with Crippen LogP contribution in [0.5, 0.6) is 0 Å². The van der Waals surface area contributed by atoms with Gasteiger partial charge in [0.25, 0.3) is 0 Å². The van der Waals surface area contributed by atoms with E-state index < -0.39 is 24.0 Å². The minimum atomic E-state index is -1.49. The maximum absolute atomic E-state index is 10.3. The van der Waals surface area contributed by atoms with Crippen molar-refractivity contribution in [2.45, 2.75) is 13.0 Å². The normalized spacial score (nSPS) is 11.9. The summed E-state index contributed by atoms with van der Waals surface area (Å²) in [7, 11) is 1.27. The van der Waals surface area contributed by atoms with E-state index in [1.807, 2.05) is 0 Å². The lowest BCUT2D eigenvalue weighted by Crippen LogP contribution is -2.34. The van der Waals surface area contributed by atoms with E-state index in [9.17, 15) is 9.59 Å². The highest BCUT2D eigenvalue weighted by molar-refractivity contribution is 5.93. The SMILES string of the molecule is COC(C)C(C(=O)O)C(=O)O.N. The molecule has 0 aromatic rings. The molecule has 0 aromatic heterocycles. The fourth-order valence-electron chi connectivity index (χ4n) is 0.643. The quantitative estimate of drug-likeness (QED) is 0.521. The molecule has 1 atom stereocenters. The van der Waals surface area contributed by atoms with Crippen LogP contribution >= 0.6 is 0 Å². The lowest BCUT2D eigenvalue weighted by atomic mass is 10.1. The molecule has 0 saturated heterocycles. The van der Waals surface area contributed by atoms with Crippen molar-refractivity contribution in [1.82, 2.24) is 6.15 Å². The molecule has 0 saturated carbocycles. The molecule has 1 unspecified atom stereocenters. The number of carboxylic acids is 2. The van der Waals surface area contributed by atoms with Gasteiger partial charge in [-0.1, -0.05) is 0 Å². The number of aliphatic carboxylic acids is 2. The van der Waals surface area contributed by atoms with Gasteiger partial charge in [0, 0.05) is 7.11 Å². The van der Waals surface area contributed by atoms with Crippen LogP contribution in [0, 0.1) is 5.92 Å². The van der Waals surface area contributed by atoms with Crippen molar-refractivity contribution in [2.24, 2.45) is 5.92 Å². The van der Waals surface area contributed by atoms with Crippen LogP contribution in [0.25, 0.3) is 0 Å². The van der Waals surface area contributed by atoms with Crippen LogP contribution < -0.4 is 6.15 Å². The molecule has 6 heteroatoms. The maximum atomic E-state index is 10.3. The highest BCUT2D eigenvalue weighted by atomic mass is 16.5. The van der Waals surface area contributed by atoms with Gasteiger partial charge in [-0.15, -0.1) is 0 Å². The zero-order valence-corrected chi connectivity index (χ0v) is 6.98. The molecule has 0 rings (SSSR count). The summed E-state index contributed by atoms with van der Waals surface area (Å²) in [5.74, 6) is -4.25. The smallest absolute Gasteiger partial charge is 0.320 e. The zero-order valence-electron chi connectivity index (χ0n) is 6.98. The molecule has 5 N–H and O–H groups in total. The first-order valence-electron chi connectivity index (χ1n) is 2.99. The Kier molecular flexibility index (Phi) is 6.17. The first-order valence-corrected chi connectivity index (χ1v) is 2.99. The molecular weight excluding hydrogens is 166 g/mol. The van der Waals surface area contributed by atoms with Crippen LogP contribution in [0.3, 0.4) is 0 Å².